The van der Waals surface area contributed by atoms with Crippen LogP contribution in [0.5, 0.6) is 0 Å². The summed E-state index contributed by atoms with van der Waals surface area (Å²) in [7, 11) is 0. The van der Waals surface area contributed by atoms with E-state index in [2.05, 4.69) is 37.9 Å². The first kappa shape index (κ1) is 18.4. The minimum absolute atomic E-state index is 0.0207. The van der Waals surface area contributed by atoms with E-state index >= 15 is 0 Å². The number of carbonyl (C=O) groups excluding carboxylic acids is 1. The molecule has 21 heavy (non-hydrogen) atoms. The SMILES string of the molecule is CC(C)[C@H](C(=O)NCC(C)(C)C[C@@H](C)O)N1CCCCC1. The van der Waals surface area contributed by atoms with Crippen LogP contribution in [0.15, 0.2) is 0 Å². The largest absolute Gasteiger partial charge is 0.393 e. The highest BCUT2D eigenvalue weighted by atomic mass is 16.3. The fraction of sp³-hybridized carbons (Fsp3) is 0.941. The van der Waals surface area contributed by atoms with Crippen molar-refractivity contribution in [2.75, 3.05) is 19.6 Å². The number of piperidine rings is 1. The predicted octanol–water partition coefficient (Wildman–Crippen LogP) is 2.41. The summed E-state index contributed by atoms with van der Waals surface area (Å²) in [4.78, 5) is 14.9. The van der Waals surface area contributed by atoms with Crippen LogP contribution < -0.4 is 5.32 Å². The summed E-state index contributed by atoms with van der Waals surface area (Å²) in [5.41, 5.74) is -0.0761. The molecule has 1 aliphatic rings. The molecule has 0 saturated carbocycles. The topological polar surface area (TPSA) is 52.6 Å². The Balaban J connectivity index is 2.57. The Morgan fingerprint density at radius 3 is 2.24 bits per heavy atom. The van der Waals surface area contributed by atoms with Crippen LogP contribution in [0.4, 0.5) is 0 Å². The Bertz CT molecular complexity index is 321. The van der Waals surface area contributed by atoms with Gasteiger partial charge >= 0.3 is 0 Å². The van der Waals surface area contributed by atoms with Crippen molar-refractivity contribution in [2.45, 2.75) is 72.4 Å². The summed E-state index contributed by atoms with van der Waals surface area (Å²) in [6, 6.07) is -0.0207. The number of nitrogens with one attached hydrogen (secondary N) is 1. The highest BCUT2D eigenvalue weighted by Crippen LogP contribution is 2.22. The molecule has 0 unspecified atom stereocenters. The first-order valence-electron chi connectivity index (χ1n) is 8.43. The molecule has 2 atom stereocenters. The van der Waals surface area contributed by atoms with E-state index in [1.165, 1.54) is 19.3 Å². The second-order valence-corrected chi connectivity index (χ2v) is 7.72. The molecule has 0 spiro atoms. The molecule has 1 aliphatic heterocycles. The molecule has 1 heterocycles. The highest BCUT2D eigenvalue weighted by Gasteiger charge is 2.31. The van der Waals surface area contributed by atoms with Crippen LogP contribution in [-0.4, -0.2) is 47.7 Å². The normalized spacial score (nSPS) is 20.3. The van der Waals surface area contributed by atoms with E-state index in [9.17, 15) is 9.90 Å². The number of carbonyl (C=O) groups is 1. The molecule has 1 saturated heterocycles. The first-order chi connectivity index (χ1) is 9.73. The molecule has 124 valence electrons. The first-order valence-corrected chi connectivity index (χ1v) is 8.43. The van der Waals surface area contributed by atoms with Gasteiger partial charge in [-0.15, -0.1) is 0 Å². The van der Waals surface area contributed by atoms with Crippen LogP contribution in [0.3, 0.4) is 0 Å². The molecule has 0 aromatic carbocycles. The Morgan fingerprint density at radius 1 is 1.19 bits per heavy atom. The Labute approximate surface area is 130 Å². The Kier molecular flexibility index (Phi) is 7.14. The molecular weight excluding hydrogens is 264 g/mol. The van der Waals surface area contributed by atoms with Gasteiger partial charge in [-0.2, -0.15) is 0 Å². The van der Waals surface area contributed by atoms with E-state index in [1.807, 2.05) is 0 Å². The van der Waals surface area contributed by atoms with Gasteiger partial charge in [0.05, 0.1) is 12.1 Å². The zero-order valence-electron chi connectivity index (χ0n) is 14.5. The fourth-order valence-electron chi connectivity index (χ4n) is 3.39. The molecule has 4 heteroatoms. The fourth-order valence-corrected chi connectivity index (χ4v) is 3.39. The minimum Gasteiger partial charge on any atom is -0.393 e. The van der Waals surface area contributed by atoms with Crippen molar-refractivity contribution in [3.63, 3.8) is 0 Å². The number of rotatable bonds is 7. The van der Waals surface area contributed by atoms with Crippen molar-refractivity contribution >= 4 is 5.91 Å². The number of amides is 1. The lowest BCUT2D eigenvalue weighted by Crippen LogP contribution is -2.52. The molecule has 0 aliphatic carbocycles. The van der Waals surface area contributed by atoms with Crippen molar-refractivity contribution < 1.29 is 9.90 Å². The number of hydrogen-bond donors (Lipinski definition) is 2. The van der Waals surface area contributed by atoms with E-state index < -0.39 is 0 Å². The predicted molar refractivity (Wildman–Crippen MR) is 87.1 cm³/mol. The lowest BCUT2D eigenvalue weighted by molar-refractivity contribution is -0.129. The molecule has 0 radical (unpaired) electrons. The van der Waals surface area contributed by atoms with Gasteiger partial charge in [0.2, 0.25) is 5.91 Å². The average Bonchev–Trinajstić information content (AvgIpc) is 2.36. The quantitative estimate of drug-likeness (QED) is 0.759. The highest BCUT2D eigenvalue weighted by molar-refractivity contribution is 5.82. The van der Waals surface area contributed by atoms with E-state index in [0.29, 0.717) is 18.9 Å². The van der Waals surface area contributed by atoms with Crippen molar-refractivity contribution in [1.29, 1.82) is 0 Å². The summed E-state index contributed by atoms with van der Waals surface area (Å²) in [5.74, 6) is 0.466. The van der Waals surface area contributed by atoms with Gasteiger partial charge in [0.15, 0.2) is 0 Å². The summed E-state index contributed by atoms with van der Waals surface area (Å²) in [6.07, 6.45) is 4.04. The third-order valence-corrected chi connectivity index (χ3v) is 4.27. The van der Waals surface area contributed by atoms with Gasteiger partial charge in [0.1, 0.15) is 0 Å². The van der Waals surface area contributed by atoms with Crippen molar-refractivity contribution in [3.05, 3.63) is 0 Å². The van der Waals surface area contributed by atoms with Crippen molar-refractivity contribution in [1.82, 2.24) is 10.2 Å². The number of aliphatic hydroxyl groups is 1. The Morgan fingerprint density at radius 2 is 1.76 bits per heavy atom. The third-order valence-electron chi connectivity index (χ3n) is 4.27. The minimum atomic E-state index is -0.333. The molecule has 0 aromatic rings. The summed E-state index contributed by atoms with van der Waals surface area (Å²) >= 11 is 0. The molecule has 1 fully saturated rings. The maximum absolute atomic E-state index is 12.6. The number of nitrogens with zero attached hydrogens (tertiary/aromatic N) is 1. The number of aliphatic hydroxyl groups excluding tert-OH is 1. The number of likely N-dealkylation sites (tertiary alicyclic amines) is 1. The van der Waals surface area contributed by atoms with E-state index in [4.69, 9.17) is 0 Å². The summed E-state index contributed by atoms with van der Waals surface area (Å²) in [5, 5.41) is 12.6. The smallest absolute Gasteiger partial charge is 0.237 e. The summed E-state index contributed by atoms with van der Waals surface area (Å²) in [6.45, 7) is 12.9. The summed E-state index contributed by atoms with van der Waals surface area (Å²) < 4.78 is 0. The molecule has 4 nitrogen and oxygen atoms in total. The van der Waals surface area contributed by atoms with Crippen molar-refractivity contribution in [2.24, 2.45) is 11.3 Å². The van der Waals surface area contributed by atoms with Gasteiger partial charge < -0.3 is 10.4 Å². The van der Waals surface area contributed by atoms with Gasteiger partial charge in [-0.3, -0.25) is 9.69 Å². The second kappa shape index (κ2) is 8.14. The van der Waals surface area contributed by atoms with Crippen LogP contribution in [0.25, 0.3) is 0 Å². The zero-order valence-corrected chi connectivity index (χ0v) is 14.5. The van der Waals surface area contributed by atoms with Crippen LogP contribution in [0, 0.1) is 11.3 Å². The monoisotopic (exact) mass is 298 g/mol. The Hall–Kier alpha value is -0.610. The van der Waals surface area contributed by atoms with Crippen LogP contribution in [-0.2, 0) is 4.79 Å². The van der Waals surface area contributed by atoms with Crippen LogP contribution >= 0.6 is 0 Å². The lowest BCUT2D eigenvalue weighted by atomic mass is 9.86. The molecule has 1 rings (SSSR count). The number of hydrogen-bond acceptors (Lipinski definition) is 3. The molecule has 2 N–H and O–H groups in total. The maximum atomic E-state index is 12.6. The van der Waals surface area contributed by atoms with Crippen LogP contribution in [0.1, 0.15) is 60.3 Å². The molecule has 1 amide bonds. The van der Waals surface area contributed by atoms with E-state index in [1.54, 1.807) is 6.92 Å². The molecule has 0 bridgehead atoms. The van der Waals surface area contributed by atoms with E-state index in [0.717, 1.165) is 13.1 Å². The average molecular weight is 298 g/mol. The standard InChI is InChI=1S/C17H34N2O2/c1-13(2)15(19-9-7-6-8-10-19)16(21)18-12-17(4,5)11-14(3)20/h13-15,20H,6-12H2,1-5H3,(H,18,21)/t14-,15-/m1/s1. The van der Waals surface area contributed by atoms with E-state index in [-0.39, 0.29) is 23.5 Å². The molecular formula is C17H34N2O2. The van der Waals surface area contributed by atoms with Gasteiger partial charge in [-0.05, 0) is 50.6 Å². The third kappa shape index (κ3) is 6.35. The zero-order chi connectivity index (χ0) is 16.0. The van der Waals surface area contributed by atoms with Crippen LogP contribution in [0.2, 0.25) is 0 Å². The second-order valence-electron chi connectivity index (χ2n) is 7.72. The van der Waals surface area contributed by atoms with Gasteiger partial charge in [-0.25, -0.2) is 0 Å². The lowest BCUT2D eigenvalue weighted by Gasteiger charge is -2.36. The van der Waals surface area contributed by atoms with Gasteiger partial charge in [-0.1, -0.05) is 34.1 Å². The van der Waals surface area contributed by atoms with Gasteiger partial charge in [0.25, 0.3) is 0 Å². The maximum Gasteiger partial charge on any atom is 0.237 e. The van der Waals surface area contributed by atoms with Gasteiger partial charge in [0, 0.05) is 6.54 Å². The molecule has 0 aromatic heterocycles. The van der Waals surface area contributed by atoms with Crippen molar-refractivity contribution in [3.8, 4) is 0 Å².